The molecule has 230 valence electrons. The molecule has 0 bridgehead atoms. The Hall–Kier alpha value is -3.38. The van der Waals surface area contributed by atoms with E-state index in [0.29, 0.717) is 61.1 Å². The molecular formula is C32H30Cl2N2O6S2. The van der Waals surface area contributed by atoms with Crippen molar-refractivity contribution in [2.45, 2.75) is 19.8 Å². The molecule has 0 saturated carbocycles. The molecule has 8 nitrogen and oxygen atoms in total. The number of aliphatic imine (C=N–C) groups is 1. The van der Waals surface area contributed by atoms with Gasteiger partial charge in [0.05, 0.1) is 44.5 Å². The summed E-state index contributed by atoms with van der Waals surface area (Å²) in [7, 11) is 0. The minimum absolute atomic E-state index is 0.0596. The van der Waals surface area contributed by atoms with Gasteiger partial charge in [-0.1, -0.05) is 41.4 Å². The first-order valence-electron chi connectivity index (χ1n) is 13.7. The van der Waals surface area contributed by atoms with E-state index in [0.717, 1.165) is 22.5 Å². The zero-order valence-corrected chi connectivity index (χ0v) is 26.9. The van der Waals surface area contributed by atoms with E-state index in [9.17, 15) is 19.5 Å². The highest BCUT2D eigenvalue weighted by Gasteiger charge is 2.17. The number of carbonyl (C=O) groups is 3. The van der Waals surface area contributed by atoms with Gasteiger partial charge in [0.2, 0.25) is 0 Å². The van der Waals surface area contributed by atoms with E-state index in [1.54, 1.807) is 54.8 Å². The Balaban J connectivity index is 1.28. The minimum atomic E-state index is -0.226. The van der Waals surface area contributed by atoms with Crippen LogP contribution >= 0.6 is 45.9 Å². The number of ether oxygens (including phenoxy) is 1. The number of aliphatic hydroxyl groups excluding tert-OH is 1. The lowest BCUT2D eigenvalue weighted by atomic mass is 10.0. The Labute approximate surface area is 273 Å². The summed E-state index contributed by atoms with van der Waals surface area (Å²) < 4.78 is 5.12. The van der Waals surface area contributed by atoms with Crippen LogP contribution in [0.1, 0.15) is 54.2 Å². The zero-order valence-electron chi connectivity index (χ0n) is 23.8. The zero-order chi connectivity index (χ0) is 31.6. The molecule has 0 fully saturated rings. The highest BCUT2D eigenvalue weighted by Crippen LogP contribution is 2.40. The first kappa shape index (κ1) is 33.5. The van der Waals surface area contributed by atoms with Crippen molar-refractivity contribution in [3.8, 4) is 16.2 Å². The fraction of sp³-hybridized carbons (Fsp3) is 0.250. The van der Waals surface area contributed by atoms with Gasteiger partial charge in [-0.15, -0.1) is 22.7 Å². The van der Waals surface area contributed by atoms with Crippen molar-refractivity contribution in [3.05, 3.63) is 96.5 Å². The summed E-state index contributed by atoms with van der Waals surface area (Å²) in [5, 5.41) is 24.8. The number of nitrogens with one attached hydrogen (secondary N) is 1. The second kappa shape index (κ2) is 16.1. The van der Waals surface area contributed by atoms with Crippen molar-refractivity contribution in [3.63, 3.8) is 0 Å². The van der Waals surface area contributed by atoms with Gasteiger partial charge in [-0.05, 0) is 60.9 Å². The Morgan fingerprint density at radius 2 is 1.68 bits per heavy atom. The van der Waals surface area contributed by atoms with Crippen LogP contribution in [-0.4, -0.2) is 66.3 Å². The number of halogens is 2. The number of Topliss-reactive ketones (excluding diaryl/α,β-unsaturated/α-hetero) is 2. The summed E-state index contributed by atoms with van der Waals surface area (Å²) in [6.45, 7) is 2.43. The van der Waals surface area contributed by atoms with Gasteiger partial charge in [0.15, 0.2) is 11.6 Å². The maximum atomic E-state index is 12.8. The standard InChI is InChI=1S/C32H30Cl2N2O6S2/c1-19(23-18-43-31(30(23)40)22-7-8-24(33)25(34)16-22)36-17-27(39)29-11-10-28(44-29)26(38)9-4-20-2-5-21(6-3-20)32(41)35-12-14-42-15-13-37/h2-3,5-8,10-11,16,18,37,40H,4,9,12-15,17H2,1H3,(H,35,41). The van der Waals surface area contributed by atoms with E-state index in [1.807, 2.05) is 12.1 Å². The van der Waals surface area contributed by atoms with Crippen LogP contribution in [0.4, 0.5) is 0 Å². The van der Waals surface area contributed by atoms with Gasteiger partial charge in [-0.25, -0.2) is 0 Å². The smallest absolute Gasteiger partial charge is 0.251 e. The number of rotatable bonds is 15. The SMILES string of the molecule is CC(=NCC(=O)c1ccc(C(=O)CCc2ccc(C(=O)NCCOCCO)cc2)s1)c1csc(-c2ccc(Cl)c(Cl)c2)c1O. The van der Waals surface area contributed by atoms with Crippen molar-refractivity contribution in [1.29, 1.82) is 0 Å². The van der Waals surface area contributed by atoms with Crippen LogP contribution in [0.5, 0.6) is 5.75 Å². The van der Waals surface area contributed by atoms with Crippen molar-refractivity contribution in [2.75, 3.05) is 32.9 Å². The number of thiophene rings is 2. The molecule has 2 aromatic heterocycles. The van der Waals surface area contributed by atoms with Crippen LogP contribution in [0.15, 0.2) is 65.0 Å². The van der Waals surface area contributed by atoms with Crippen molar-refractivity contribution >= 4 is 69.1 Å². The summed E-state index contributed by atoms with van der Waals surface area (Å²) in [5.41, 5.74) is 3.19. The molecule has 0 aliphatic heterocycles. The molecule has 0 aliphatic carbocycles. The highest BCUT2D eigenvalue weighted by atomic mass is 35.5. The molecular weight excluding hydrogens is 643 g/mol. The van der Waals surface area contributed by atoms with Crippen molar-refractivity contribution < 1.29 is 29.3 Å². The quantitative estimate of drug-likeness (QED) is 0.0730. The maximum Gasteiger partial charge on any atom is 0.251 e. The monoisotopic (exact) mass is 672 g/mol. The first-order valence-corrected chi connectivity index (χ1v) is 16.1. The van der Waals surface area contributed by atoms with Crippen LogP contribution in [0.2, 0.25) is 10.0 Å². The Bertz CT molecular complexity index is 1660. The fourth-order valence-corrected chi connectivity index (χ4v) is 6.35. The van der Waals surface area contributed by atoms with Gasteiger partial charge in [0.1, 0.15) is 12.3 Å². The number of aryl methyl sites for hydroxylation is 1. The number of carbonyl (C=O) groups excluding carboxylic acids is 3. The number of aromatic hydroxyl groups is 1. The molecule has 4 aromatic rings. The molecule has 1 amide bonds. The van der Waals surface area contributed by atoms with Crippen LogP contribution < -0.4 is 5.32 Å². The third-order valence-electron chi connectivity index (χ3n) is 6.58. The molecule has 0 spiro atoms. The molecule has 12 heteroatoms. The second-order valence-electron chi connectivity index (χ2n) is 9.66. The molecule has 2 aromatic carbocycles. The summed E-state index contributed by atoms with van der Waals surface area (Å²) in [4.78, 5) is 43.8. The predicted molar refractivity (Wildman–Crippen MR) is 176 cm³/mol. The van der Waals surface area contributed by atoms with E-state index >= 15 is 0 Å². The molecule has 0 aliphatic rings. The largest absolute Gasteiger partial charge is 0.506 e. The number of aliphatic hydroxyl groups is 1. The average molecular weight is 674 g/mol. The number of benzene rings is 2. The summed E-state index contributed by atoms with van der Waals surface area (Å²) in [6.07, 6.45) is 0.756. The number of amides is 1. The van der Waals surface area contributed by atoms with Gasteiger partial charge >= 0.3 is 0 Å². The summed E-state index contributed by atoms with van der Waals surface area (Å²) in [6, 6.07) is 15.5. The lowest BCUT2D eigenvalue weighted by molar-refractivity contribution is 0.0837. The van der Waals surface area contributed by atoms with Crippen LogP contribution in [-0.2, 0) is 11.2 Å². The topological polar surface area (TPSA) is 125 Å². The van der Waals surface area contributed by atoms with Gasteiger partial charge in [0.25, 0.3) is 5.91 Å². The lowest BCUT2D eigenvalue weighted by Gasteiger charge is -2.06. The van der Waals surface area contributed by atoms with Gasteiger partial charge in [-0.2, -0.15) is 0 Å². The van der Waals surface area contributed by atoms with Crippen LogP contribution in [0, 0.1) is 0 Å². The minimum Gasteiger partial charge on any atom is -0.506 e. The van der Waals surface area contributed by atoms with Crippen LogP contribution in [0.3, 0.4) is 0 Å². The van der Waals surface area contributed by atoms with E-state index in [-0.39, 0.29) is 49.4 Å². The number of hydrogen-bond donors (Lipinski definition) is 3. The number of nitrogens with zero attached hydrogens (tertiary/aromatic N) is 1. The van der Waals surface area contributed by atoms with Crippen molar-refractivity contribution in [1.82, 2.24) is 5.32 Å². The maximum absolute atomic E-state index is 12.8. The normalized spacial score (nSPS) is 11.5. The van der Waals surface area contributed by atoms with Gasteiger partial charge < -0.3 is 20.3 Å². The van der Waals surface area contributed by atoms with E-state index < -0.39 is 0 Å². The molecule has 0 unspecified atom stereocenters. The summed E-state index contributed by atoms with van der Waals surface area (Å²) in [5.74, 6) is -0.460. The number of ketones is 2. The molecule has 0 saturated heterocycles. The van der Waals surface area contributed by atoms with E-state index in [4.69, 9.17) is 33.0 Å². The average Bonchev–Trinajstić information content (AvgIpc) is 3.67. The summed E-state index contributed by atoms with van der Waals surface area (Å²) >= 11 is 14.6. The molecule has 2 heterocycles. The lowest BCUT2D eigenvalue weighted by Crippen LogP contribution is -2.27. The Kier molecular flexibility index (Phi) is 12.2. The predicted octanol–water partition coefficient (Wildman–Crippen LogP) is 6.74. The van der Waals surface area contributed by atoms with Crippen molar-refractivity contribution in [2.24, 2.45) is 4.99 Å². The molecule has 0 atom stereocenters. The van der Waals surface area contributed by atoms with Crippen LogP contribution in [0.25, 0.3) is 10.4 Å². The fourth-order valence-electron chi connectivity index (χ4n) is 4.15. The third kappa shape index (κ3) is 8.84. The van der Waals surface area contributed by atoms with Gasteiger partial charge in [-0.3, -0.25) is 19.4 Å². The molecule has 44 heavy (non-hydrogen) atoms. The molecule has 3 N–H and O–H groups in total. The Morgan fingerprint density at radius 1 is 0.955 bits per heavy atom. The molecule has 0 radical (unpaired) electrons. The second-order valence-corrected chi connectivity index (χ2v) is 12.4. The number of hydrogen-bond acceptors (Lipinski definition) is 9. The van der Waals surface area contributed by atoms with Gasteiger partial charge in [0, 0.05) is 35.2 Å². The highest BCUT2D eigenvalue weighted by molar-refractivity contribution is 7.16. The van der Waals surface area contributed by atoms with E-state index in [2.05, 4.69) is 10.3 Å². The Morgan fingerprint density at radius 3 is 2.39 bits per heavy atom. The first-order chi connectivity index (χ1) is 21.2. The third-order valence-corrected chi connectivity index (χ3v) is 9.50. The molecule has 4 rings (SSSR count). The van der Waals surface area contributed by atoms with E-state index in [1.165, 1.54) is 11.3 Å².